The van der Waals surface area contributed by atoms with E-state index >= 15 is 0 Å². The minimum atomic E-state index is 0.334. The van der Waals surface area contributed by atoms with E-state index in [0.29, 0.717) is 6.04 Å². The van der Waals surface area contributed by atoms with Crippen LogP contribution in [0, 0.1) is 13.8 Å². The summed E-state index contributed by atoms with van der Waals surface area (Å²) in [5, 5.41) is 4.34. The molecule has 0 spiro atoms. The summed E-state index contributed by atoms with van der Waals surface area (Å²) >= 11 is 1.76. The number of rotatable bonds is 6. The molecule has 0 saturated carbocycles. The average Bonchev–Trinajstić information content (AvgIpc) is 2.86. The van der Waals surface area contributed by atoms with E-state index in [-0.39, 0.29) is 0 Å². The van der Waals surface area contributed by atoms with Gasteiger partial charge < -0.3 is 0 Å². The Bertz CT molecular complexity index is 485. The maximum atomic E-state index is 5.69. The Labute approximate surface area is 119 Å². The van der Waals surface area contributed by atoms with Gasteiger partial charge in [-0.25, -0.2) is 0 Å². The molecule has 2 rings (SSSR count). The van der Waals surface area contributed by atoms with Gasteiger partial charge in [-0.3, -0.25) is 11.3 Å². The molecule has 19 heavy (non-hydrogen) atoms. The number of hydrazine groups is 1. The summed E-state index contributed by atoms with van der Waals surface area (Å²) in [5.74, 6) is 5.69. The van der Waals surface area contributed by atoms with Crippen LogP contribution in [0.4, 0.5) is 0 Å². The quantitative estimate of drug-likeness (QED) is 0.626. The summed E-state index contributed by atoms with van der Waals surface area (Å²) in [6, 6.07) is 9.24. The van der Waals surface area contributed by atoms with Crippen molar-refractivity contribution in [3.05, 3.63) is 57.3 Å². The van der Waals surface area contributed by atoms with E-state index in [0.717, 1.165) is 19.3 Å². The van der Waals surface area contributed by atoms with Crippen molar-refractivity contribution in [3.8, 4) is 0 Å². The molecule has 2 nitrogen and oxygen atoms in total. The fourth-order valence-corrected chi connectivity index (χ4v) is 3.19. The molecule has 0 fully saturated rings. The van der Waals surface area contributed by atoms with Crippen LogP contribution in [-0.2, 0) is 12.8 Å². The molecule has 1 heterocycles. The molecule has 1 aromatic heterocycles. The van der Waals surface area contributed by atoms with Crippen LogP contribution in [0.15, 0.2) is 35.0 Å². The molecular formula is C16H22N2S. The van der Waals surface area contributed by atoms with Crippen LogP contribution in [0.3, 0.4) is 0 Å². The Hall–Kier alpha value is -1.16. The Morgan fingerprint density at radius 3 is 2.47 bits per heavy atom. The maximum absolute atomic E-state index is 5.69. The standard InChI is InChI=1S/C16H22N2S/c1-12-7-13(2)9-15(8-12)10-16(18-17)4-3-14-5-6-19-11-14/h5-9,11,16,18H,3-4,10,17H2,1-2H3. The SMILES string of the molecule is Cc1cc(C)cc(CC(CCc2ccsc2)NN)c1. The Kier molecular flexibility index (Phi) is 5.14. The highest BCUT2D eigenvalue weighted by molar-refractivity contribution is 7.07. The summed E-state index contributed by atoms with van der Waals surface area (Å²) in [6.07, 6.45) is 3.15. The zero-order valence-corrected chi connectivity index (χ0v) is 12.5. The van der Waals surface area contributed by atoms with Gasteiger partial charge in [-0.15, -0.1) is 0 Å². The number of hydrogen-bond donors (Lipinski definition) is 2. The van der Waals surface area contributed by atoms with E-state index in [1.165, 1.54) is 22.3 Å². The minimum absolute atomic E-state index is 0.334. The number of nitrogens with two attached hydrogens (primary N) is 1. The molecule has 102 valence electrons. The molecule has 0 aliphatic rings. The van der Waals surface area contributed by atoms with Crippen molar-refractivity contribution in [2.75, 3.05) is 0 Å². The van der Waals surface area contributed by atoms with Crippen LogP contribution in [-0.4, -0.2) is 6.04 Å². The topological polar surface area (TPSA) is 38.0 Å². The number of aryl methyl sites for hydroxylation is 3. The summed E-state index contributed by atoms with van der Waals surface area (Å²) in [7, 11) is 0. The molecule has 0 aliphatic carbocycles. The summed E-state index contributed by atoms with van der Waals surface area (Å²) in [6.45, 7) is 4.29. The van der Waals surface area contributed by atoms with Gasteiger partial charge in [0, 0.05) is 6.04 Å². The highest BCUT2D eigenvalue weighted by Gasteiger charge is 2.09. The third-order valence-corrected chi connectivity index (χ3v) is 4.09. The molecule has 3 heteroatoms. The highest BCUT2D eigenvalue weighted by atomic mass is 32.1. The third kappa shape index (κ3) is 4.46. The molecule has 1 aromatic carbocycles. The predicted octanol–water partition coefficient (Wildman–Crippen LogP) is 3.37. The zero-order chi connectivity index (χ0) is 13.7. The molecule has 0 saturated heterocycles. The van der Waals surface area contributed by atoms with Gasteiger partial charge in [0.05, 0.1) is 0 Å². The smallest absolute Gasteiger partial charge is 0.0254 e. The largest absolute Gasteiger partial charge is 0.271 e. The first-order valence-electron chi connectivity index (χ1n) is 6.72. The summed E-state index contributed by atoms with van der Waals surface area (Å²) < 4.78 is 0. The minimum Gasteiger partial charge on any atom is -0.271 e. The lowest BCUT2D eigenvalue weighted by molar-refractivity contribution is 0.491. The molecule has 0 aliphatic heterocycles. The first-order chi connectivity index (χ1) is 9.17. The predicted molar refractivity (Wildman–Crippen MR) is 83.4 cm³/mol. The van der Waals surface area contributed by atoms with Crippen molar-refractivity contribution in [2.24, 2.45) is 5.84 Å². The summed E-state index contributed by atoms with van der Waals surface area (Å²) in [5.41, 5.74) is 8.38. The van der Waals surface area contributed by atoms with Gasteiger partial charge in [-0.05, 0) is 61.1 Å². The lowest BCUT2D eigenvalue weighted by Crippen LogP contribution is -2.37. The lowest BCUT2D eigenvalue weighted by Gasteiger charge is -2.16. The molecule has 0 amide bonds. The van der Waals surface area contributed by atoms with Crippen LogP contribution in [0.2, 0.25) is 0 Å². The molecule has 3 N–H and O–H groups in total. The van der Waals surface area contributed by atoms with E-state index in [1.807, 2.05) is 0 Å². The second kappa shape index (κ2) is 6.85. The van der Waals surface area contributed by atoms with Crippen molar-refractivity contribution in [2.45, 2.75) is 39.2 Å². The second-order valence-corrected chi connectivity index (χ2v) is 6.01. The fourth-order valence-electron chi connectivity index (χ4n) is 2.49. The van der Waals surface area contributed by atoms with Gasteiger partial charge in [0.25, 0.3) is 0 Å². The summed E-state index contributed by atoms with van der Waals surface area (Å²) in [4.78, 5) is 0. The van der Waals surface area contributed by atoms with E-state index in [9.17, 15) is 0 Å². The Morgan fingerprint density at radius 2 is 1.89 bits per heavy atom. The van der Waals surface area contributed by atoms with Gasteiger partial charge in [0.2, 0.25) is 0 Å². The van der Waals surface area contributed by atoms with E-state index in [1.54, 1.807) is 11.3 Å². The first-order valence-corrected chi connectivity index (χ1v) is 7.66. The van der Waals surface area contributed by atoms with Gasteiger partial charge in [-0.2, -0.15) is 11.3 Å². The van der Waals surface area contributed by atoms with Crippen LogP contribution in [0.5, 0.6) is 0 Å². The van der Waals surface area contributed by atoms with Gasteiger partial charge in [0.1, 0.15) is 0 Å². The normalized spacial score (nSPS) is 12.6. The second-order valence-electron chi connectivity index (χ2n) is 5.23. The van der Waals surface area contributed by atoms with Crippen molar-refractivity contribution in [1.82, 2.24) is 5.43 Å². The molecule has 1 unspecified atom stereocenters. The molecule has 0 bridgehead atoms. The molecule has 0 radical (unpaired) electrons. The fraction of sp³-hybridized carbons (Fsp3) is 0.375. The van der Waals surface area contributed by atoms with Gasteiger partial charge in [0.15, 0.2) is 0 Å². The highest BCUT2D eigenvalue weighted by Crippen LogP contribution is 2.14. The van der Waals surface area contributed by atoms with Crippen LogP contribution in [0.1, 0.15) is 28.7 Å². The van der Waals surface area contributed by atoms with Crippen molar-refractivity contribution in [3.63, 3.8) is 0 Å². The van der Waals surface area contributed by atoms with Crippen molar-refractivity contribution < 1.29 is 0 Å². The average molecular weight is 274 g/mol. The van der Waals surface area contributed by atoms with Crippen molar-refractivity contribution >= 4 is 11.3 Å². The van der Waals surface area contributed by atoms with E-state index < -0.39 is 0 Å². The number of nitrogens with one attached hydrogen (secondary N) is 1. The van der Waals surface area contributed by atoms with E-state index in [4.69, 9.17) is 5.84 Å². The monoisotopic (exact) mass is 274 g/mol. The van der Waals surface area contributed by atoms with Gasteiger partial charge in [-0.1, -0.05) is 29.3 Å². The Morgan fingerprint density at radius 1 is 1.16 bits per heavy atom. The van der Waals surface area contributed by atoms with Crippen LogP contribution >= 0.6 is 11.3 Å². The van der Waals surface area contributed by atoms with Crippen LogP contribution < -0.4 is 11.3 Å². The van der Waals surface area contributed by atoms with Crippen molar-refractivity contribution in [1.29, 1.82) is 0 Å². The molecular weight excluding hydrogens is 252 g/mol. The number of benzene rings is 1. The molecule has 2 aromatic rings. The Balaban J connectivity index is 1.94. The van der Waals surface area contributed by atoms with Gasteiger partial charge >= 0.3 is 0 Å². The number of hydrogen-bond acceptors (Lipinski definition) is 3. The third-order valence-electron chi connectivity index (χ3n) is 3.36. The lowest BCUT2D eigenvalue weighted by atomic mass is 9.98. The van der Waals surface area contributed by atoms with Crippen LogP contribution in [0.25, 0.3) is 0 Å². The molecule has 1 atom stereocenters. The zero-order valence-electron chi connectivity index (χ0n) is 11.6. The number of thiophene rings is 1. The first kappa shape index (κ1) is 14.3. The maximum Gasteiger partial charge on any atom is 0.0254 e. The van der Waals surface area contributed by atoms with E-state index in [2.05, 4.69) is 54.3 Å².